The van der Waals surface area contributed by atoms with Crippen molar-refractivity contribution >= 4 is 35.2 Å². The van der Waals surface area contributed by atoms with E-state index in [9.17, 15) is 4.79 Å². The number of nitrogen functional groups attached to an aromatic ring is 1. The summed E-state index contributed by atoms with van der Waals surface area (Å²) in [5.74, 6) is 0.563. The molecule has 4 aromatic rings. The van der Waals surface area contributed by atoms with Crippen molar-refractivity contribution in [1.82, 2.24) is 25.0 Å². The van der Waals surface area contributed by atoms with Gasteiger partial charge < -0.3 is 11.1 Å². The van der Waals surface area contributed by atoms with Crippen molar-refractivity contribution in [2.45, 2.75) is 11.7 Å². The van der Waals surface area contributed by atoms with Gasteiger partial charge >= 0.3 is 6.03 Å². The van der Waals surface area contributed by atoms with Crippen LogP contribution >= 0.6 is 11.8 Å². The Morgan fingerprint density at radius 3 is 2.52 bits per heavy atom. The number of nitrogens with two attached hydrogens (primary N) is 1. The van der Waals surface area contributed by atoms with E-state index in [0.717, 1.165) is 16.8 Å². The van der Waals surface area contributed by atoms with Gasteiger partial charge in [-0.2, -0.15) is 4.98 Å². The van der Waals surface area contributed by atoms with E-state index in [4.69, 9.17) is 5.73 Å². The van der Waals surface area contributed by atoms with Gasteiger partial charge in [0.05, 0.1) is 12.2 Å². The molecule has 2 heterocycles. The second kappa shape index (κ2) is 9.26. The highest BCUT2D eigenvalue weighted by atomic mass is 32.2. The first kappa shape index (κ1) is 20.4. The third kappa shape index (κ3) is 4.98. The first-order valence-corrected chi connectivity index (χ1v) is 10.6. The molecule has 31 heavy (non-hydrogen) atoms. The molecule has 0 fully saturated rings. The van der Waals surface area contributed by atoms with E-state index in [1.165, 1.54) is 11.8 Å². The smallest absolute Gasteiger partial charge is 0.324 e. The van der Waals surface area contributed by atoms with E-state index >= 15 is 0 Å². The summed E-state index contributed by atoms with van der Waals surface area (Å²) in [5.41, 5.74) is 8.91. The minimum Gasteiger partial charge on any atom is -0.366 e. The number of carbonyl (C=O) groups excluding carboxylic acids is 1. The molecule has 156 valence electrons. The van der Waals surface area contributed by atoms with Crippen LogP contribution in [0, 0.1) is 0 Å². The van der Waals surface area contributed by atoms with E-state index in [1.54, 1.807) is 10.7 Å². The highest BCUT2D eigenvalue weighted by Gasteiger charge is 2.12. The molecule has 4 N–H and O–H groups in total. The van der Waals surface area contributed by atoms with Gasteiger partial charge in [0, 0.05) is 11.3 Å². The lowest BCUT2D eigenvalue weighted by Crippen LogP contribution is -2.21. The summed E-state index contributed by atoms with van der Waals surface area (Å²) in [4.78, 5) is 16.7. The molecule has 2 amide bonds. The highest BCUT2D eigenvalue weighted by Crippen LogP contribution is 2.21. The number of nitrogens with one attached hydrogen (secondary N) is 2. The second-order valence-corrected chi connectivity index (χ2v) is 7.29. The molecule has 2 aromatic heterocycles. The molecule has 0 radical (unpaired) electrons. The van der Waals surface area contributed by atoms with E-state index in [2.05, 4.69) is 30.9 Å². The van der Waals surface area contributed by atoms with Crippen molar-refractivity contribution in [3.8, 4) is 11.3 Å². The summed E-state index contributed by atoms with van der Waals surface area (Å²) in [6, 6.07) is 20.3. The number of hydrogen-bond donors (Lipinski definition) is 3. The molecule has 0 bridgehead atoms. The topological polar surface area (TPSA) is 124 Å². The molecule has 2 aromatic carbocycles. The molecular formula is C21H20N8OS. The van der Waals surface area contributed by atoms with Crippen molar-refractivity contribution in [2.24, 2.45) is 0 Å². The zero-order chi connectivity index (χ0) is 21.6. The lowest BCUT2D eigenvalue weighted by Gasteiger charge is -2.12. The molecule has 0 aliphatic heterocycles. The number of rotatable bonds is 6. The minimum absolute atomic E-state index is 0.213. The van der Waals surface area contributed by atoms with Gasteiger partial charge in [-0.25, -0.2) is 9.48 Å². The Labute approximate surface area is 183 Å². The van der Waals surface area contributed by atoms with Gasteiger partial charge in [-0.1, -0.05) is 60.3 Å². The van der Waals surface area contributed by atoms with E-state index in [1.807, 2.05) is 66.9 Å². The van der Waals surface area contributed by atoms with Gasteiger partial charge in [0.15, 0.2) is 11.0 Å². The number of nitrogens with zero attached hydrogens (tertiary/aromatic N) is 5. The van der Waals surface area contributed by atoms with E-state index in [0.29, 0.717) is 23.2 Å². The highest BCUT2D eigenvalue weighted by molar-refractivity contribution is 7.98. The number of carbonyl (C=O) groups is 1. The van der Waals surface area contributed by atoms with Crippen LogP contribution in [0.4, 0.5) is 22.2 Å². The van der Waals surface area contributed by atoms with Gasteiger partial charge in [0.2, 0.25) is 5.95 Å². The average molecular weight is 433 g/mol. The lowest BCUT2D eigenvalue weighted by atomic mass is 10.1. The van der Waals surface area contributed by atoms with Crippen molar-refractivity contribution in [3.05, 3.63) is 72.3 Å². The Hall–Kier alpha value is -3.92. The number of hydrogen-bond acceptors (Lipinski definition) is 7. The molecule has 0 atom stereocenters. The summed E-state index contributed by atoms with van der Waals surface area (Å²) >= 11 is 1.45. The number of aromatic nitrogens is 5. The monoisotopic (exact) mass is 432 g/mol. The van der Waals surface area contributed by atoms with Crippen LogP contribution in [-0.2, 0) is 6.54 Å². The first-order chi connectivity index (χ1) is 15.1. The number of thioether (sulfide) groups is 1. The number of urea groups is 1. The molecule has 9 nitrogen and oxygen atoms in total. The van der Waals surface area contributed by atoms with Crippen LogP contribution in [0.15, 0.2) is 71.9 Å². The number of amides is 2. The third-order valence-corrected chi connectivity index (χ3v) is 5.07. The number of para-hydroxylation sites is 1. The quantitative estimate of drug-likeness (QED) is 0.397. The molecule has 0 saturated carbocycles. The second-order valence-electron chi connectivity index (χ2n) is 6.52. The maximum Gasteiger partial charge on any atom is 0.324 e. The summed E-state index contributed by atoms with van der Waals surface area (Å²) in [5, 5.41) is 18.7. The van der Waals surface area contributed by atoms with Crippen molar-refractivity contribution < 1.29 is 4.79 Å². The fourth-order valence-corrected chi connectivity index (χ4v) is 3.47. The predicted octanol–water partition coefficient (Wildman–Crippen LogP) is 3.73. The van der Waals surface area contributed by atoms with Crippen LogP contribution in [0.5, 0.6) is 0 Å². The van der Waals surface area contributed by atoms with E-state index < -0.39 is 6.03 Å². The third-order valence-electron chi connectivity index (χ3n) is 4.40. The van der Waals surface area contributed by atoms with Crippen LogP contribution in [0.25, 0.3) is 11.3 Å². The molecule has 0 aliphatic carbocycles. The van der Waals surface area contributed by atoms with Crippen molar-refractivity contribution in [3.63, 3.8) is 0 Å². The maximum atomic E-state index is 12.5. The van der Waals surface area contributed by atoms with Crippen LogP contribution in [0.3, 0.4) is 0 Å². The zero-order valence-electron chi connectivity index (χ0n) is 16.7. The summed E-state index contributed by atoms with van der Waals surface area (Å²) < 4.78 is 1.70. The first-order valence-electron chi connectivity index (χ1n) is 9.42. The van der Waals surface area contributed by atoms with Gasteiger partial charge in [-0.05, 0) is 30.0 Å². The van der Waals surface area contributed by atoms with Gasteiger partial charge in [0.25, 0.3) is 0 Å². The average Bonchev–Trinajstić information content (AvgIpc) is 3.15. The summed E-state index contributed by atoms with van der Waals surface area (Å²) in [6.45, 7) is 0.419. The minimum atomic E-state index is -0.419. The zero-order valence-corrected chi connectivity index (χ0v) is 17.5. The van der Waals surface area contributed by atoms with Crippen LogP contribution in [0.2, 0.25) is 0 Å². The van der Waals surface area contributed by atoms with Crippen molar-refractivity contribution in [2.75, 3.05) is 22.6 Å². The van der Waals surface area contributed by atoms with Gasteiger partial charge in [-0.3, -0.25) is 5.32 Å². The number of anilines is 3. The fraction of sp³-hybridized carbons (Fsp3) is 0.0952. The fourth-order valence-electron chi connectivity index (χ4n) is 2.97. The van der Waals surface area contributed by atoms with Crippen LogP contribution in [-0.4, -0.2) is 37.2 Å². The lowest BCUT2D eigenvalue weighted by molar-refractivity contribution is 0.262. The van der Waals surface area contributed by atoms with Gasteiger partial charge in [-0.15, -0.1) is 15.3 Å². The molecule has 4 rings (SSSR count). The molecule has 10 heteroatoms. The largest absolute Gasteiger partial charge is 0.366 e. The summed E-state index contributed by atoms with van der Waals surface area (Å²) in [6.07, 6.45) is 1.90. The van der Waals surface area contributed by atoms with Crippen LogP contribution in [0.1, 0.15) is 5.56 Å². The standard InChI is InChI=1S/C21H20N8OS/c1-31-21-25-19(22)28-29(21)13-15-9-5-6-10-16(15)23-20(30)24-18-12-11-17(26-27-18)14-7-3-2-4-8-14/h2-12H,13H2,1H3,(H2,22,28)(H2,23,24,27,30). The normalized spacial score (nSPS) is 10.6. The number of benzene rings is 2. The molecule has 0 aliphatic rings. The Bertz CT molecular complexity index is 1180. The Balaban J connectivity index is 1.44. The predicted molar refractivity (Wildman–Crippen MR) is 122 cm³/mol. The van der Waals surface area contributed by atoms with Gasteiger partial charge in [0.1, 0.15) is 0 Å². The molecule has 0 unspecified atom stereocenters. The Morgan fingerprint density at radius 1 is 1.00 bits per heavy atom. The molecule has 0 spiro atoms. The molecule has 0 saturated heterocycles. The van der Waals surface area contributed by atoms with Crippen LogP contribution < -0.4 is 16.4 Å². The Morgan fingerprint density at radius 2 is 1.77 bits per heavy atom. The summed E-state index contributed by atoms with van der Waals surface area (Å²) in [7, 11) is 0. The SMILES string of the molecule is CSc1nc(N)nn1Cc1ccccc1NC(=O)Nc1ccc(-c2ccccc2)nn1. The molecular weight excluding hydrogens is 412 g/mol. The Kier molecular flexibility index (Phi) is 6.08. The maximum absolute atomic E-state index is 12.5. The van der Waals surface area contributed by atoms with E-state index in [-0.39, 0.29) is 5.95 Å². The van der Waals surface area contributed by atoms with Crippen molar-refractivity contribution in [1.29, 1.82) is 0 Å².